The molecular formula is C12H17NO. The molecule has 0 spiro atoms. The SMILES string of the molecule is CCCCCCC(=O)c1cccnc1. The zero-order valence-corrected chi connectivity index (χ0v) is 8.70. The first-order chi connectivity index (χ1) is 6.84. The Morgan fingerprint density at radius 3 is 2.86 bits per heavy atom. The maximum atomic E-state index is 11.6. The minimum Gasteiger partial charge on any atom is -0.294 e. The van der Waals surface area contributed by atoms with Gasteiger partial charge in [-0.25, -0.2) is 0 Å². The molecule has 0 aliphatic heterocycles. The molecule has 0 aliphatic carbocycles. The van der Waals surface area contributed by atoms with E-state index in [-0.39, 0.29) is 5.78 Å². The van der Waals surface area contributed by atoms with Crippen LogP contribution in [-0.2, 0) is 0 Å². The lowest BCUT2D eigenvalue weighted by molar-refractivity contribution is 0.0979. The molecule has 0 unspecified atom stereocenters. The Hall–Kier alpha value is -1.18. The van der Waals surface area contributed by atoms with Crippen molar-refractivity contribution in [1.29, 1.82) is 0 Å². The van der Waals surface area contributed by atoms with Crippen molar-refractivity contribution in [1.82, 2.24) is 4.98 Å². The van der Waals surface area contributed by atoms with Gasteiger partial charge in [0.15, 0.2) is 5.78 Å². The third-order valence-electron chi connectivity index (χ3n) is 2.24. The van der Waals surface area contributed by atoms with Crippen LogP contribution in [0.25, 0.3) is 0 Å². The van der Waals surface area contributed by atoms with Crippen molar-refractivity contribution < 1.29 is 4.79 Å². The Kier molecular flexibility index (Phi) is 4.90. The number of pyridine rings is 1. The van der Waals surface area contributed by atoms with Crippen LogP contribution in [0, 0.1) is 0 Å². The second kappa shape index (κ2) is 6.30. The molecule has 0 aliphatic rings. The second-order valence-electron chi connectivity index (χ2n) is 3.48. The molecule has 2 nitrogen and oxygen atoms in total. The summed E-state index contributed by atoms with van der Waals surface area (Å²) in [6.07, 6.45) is 8.58. The third-order valence-corrected chi connectivity index (χ3v) is 2.24. The average molecular weight is 191 g/mol. The molecule has 0 amide bonds. The molecular weight excluding hydrogens is 174 g/mol. The fourth-order valence-corrected chi connectivity index (χ4v) is 1.38. The second-order valence-corrected chi connectivity index (χ2v) is 3.48. The van der Waals surface area contributed by atoms with Gasteiger partial charge >= 0.3 is 0 Å². The van der Waals surface area contributed by atoms with E-state index in [1.165, 1.54) is 12.8 Å². The van der Waals surface area contributed by atoms with Crippen LogP contribution in [0.4, 0.5) is 0 Å². The number of rotatable bonds is 6. The lowest BCUT2D eigenvalue weighted by Gasteiger charge is -1.99. The highest BCUT2D eigenvalue weighted by atomic mass is 16.1. The van der Waals surface area contributed by atoms with E-state index < -0.39 is 0 Å². The summed E-state index contributed by atoms with van der Waals surface area (Å²) < 4.78 is 0. The molecule has 0 N–H and O–H groups in total. The van der Waals surface area contributed by atoms with Gasteiger partial charge in [0.05, 0.1) is 0 Å². The van der Waals surface area contributed by atoms with Crippen molar-refractivity contribution in [3.05, 3.63) is 30.1 Å². The summed E-state index contributed by atoms with van der Waals surface area (Å²) in [6, 6.07) is 3.63. The van der Waals surface area contributed by atoms with Crippen LogP contribution < -0.4 is 0 Å². The quantitative estimate of drug-likeness (QED) is 0.510. The van der Waals surface area contributed by atoms with Crippen LogP contribution in [0.5, 0.6) is 0 Å². The molecule has 2 heteroatoms. The summed E-state index contributed by atoms with van der Waals surface area (Å²) >= 11 is 0. The number of nitrogens with zero attached hydrogens (tertiary/aromatic N) is 1. The summed E-state index contributed by atoms with van der Waals surface area (Å²) in [5, 5.41) is 0. The fraction of sp³-hybridized carbons (Fsp3) is 0.500. The molecule has 0 fully saturated rings. The zero-order chi connectivity index (χ0) is 10.2. The maximum Gasteiger partial charge on any atom is 0.164 e. The predicted molar refractivity (Wildman–Crippen MR) is 57.3 cm³/mol. The van der Waals surface area contributed by atoms with Crippen LogP contribution >= 0.6 is 0 Å². The molecule has 1 aromatic heterocycles. The van der Waals surface area contributed by atoms with Gasteiger partial charge in [-0.2, -0.15) is 0 Å². The zero-order valence-electron chi connectivity index (χ0n) is 8.70. The van der Waals surface area contributed by atoms with Crippen LogP contribution in [0.15, 0.2) is 24.5 Å². The van der Waals surface area contributed by atoms with Gasteiger partial charge in [0.2, 0.25) is 0 Å². The molecule has 1 heterocycles. The molecule has 14 heavy (non-hydrogen) atoms. The highest BCUT2D eigenvalue weighted by Gasteiger charge is 2.03. The Morgan fingerprint density at radius 1 is 1.36 bits per heavy atom. The molecule has 0 bridgehead atoms. The number of aromatic nitrogens is 1. The highest BCUT2D eigenvalue weighted by molar-refractivity contribution is 5.95. The van der Waals surface area contributed by atoms with Gasteiger partial charge in [-0.05, 0) is 18.6 Å². The number of unbranched alkanes of at least 4 members (excludes halogenated alkanes) is 3. The van der Waals surface area contributed by atoms with E-state index in [1.54, 1.807) is 18.5 Å². The first kappa shape index (κ1) is 10.9. The number of hydrogen-bond donors (Lipinski definition) is 0. The lowest BCUT2D eigenvalue weighted by atomic mass is 10.1. The minimum atomic E-state index is 0.217. The van der Waals surface area contributed by atoms with E-state index in [2.05, 4.69) is 11.9 Å². The summed E-state index contributed by atoms with van der Waals surface area (Å²) in [5.41, 5.74) is 0.740. The lowest BCUT2D eigenvalue weighted by Crippen LogP contribution is -1.98. The fourth-order valence-electron chi connectivity index (χ4n) is 1.38. The predicted octanol–water partition coefficient (Wildman–Crippen LogP) is 3.23. The monoisotopic (exact) mass is 191 g/mol. The standard InChI is InChI=1S/C12H17NO/c1-2-3-4-5-8-12(14)11-7-6-9-13-10-11/h6-7,9-10H,2-5,8H2,1H3. The van der Waals surface area contributed by atoms with Crippen LogP contribution in [0.2, 0.25) is 0 Å². The number of Topliss-reactive ketones (excluding diaryl/α,β-unsaturated/α-hetero) is 1. The van der Waals surface area contributed by atoms with E-state index in [9.17, 15) is 4.79 Å². The minimum absolute atomic E-state index is 0.217. The van der Waals surface area contributed by atoms with E-state index in [0.717, 1.165) is 18.4 Å². The van der Waals surface area contributed by atoms with Crippen molar-refractivity contribution in [2.24, 2.45) is 0 Å². The van der Waals surface area contributed by atoms with Crippen molar-refractivity contribution in [3.63, 3.8) is 0 Å². The van der Waals surface area contributed by atoms with Crippen LogP contribution in [-0.4, -0.2) is 10.8 Å². The van der Waals surface area contributed by atoms with E-state index in [4.69, 9.17) is 0 Å². The molecule has 76 valence electrons. The Morgan fingerprint density at radius 2 is 2.21 bits per heavy atom. The van der Waals surface area contributed by atoms with Gasteiger partial charge in [-0.3, -0.25) is 9.78 Å². The number of hydrogen-bond acceptors (Lipinski definition) is 2. The largest absolute Gasteiger partial charge is 0.294 e. The molecule has 0 atom stereocenters. The third kappa shape index (κ3) is 3.69. The first-order valence-corrected chi connectivity index (χ1v) is 5.28. The van der Waals surface area contributed by atoms with Gasteiger partial charge in [0, 0.05) is 24.4 Å². The van der Waals surface area contributed by atoms with Crippen molar-refractivity contribution in [2.75, 3.05) is 0 Å². The smallest absolute Gasteiger partial charge is 0.164 e. The highest BCUT2D eigenvalue weighted by Crippen LogP contribution is 2.07. The topological polar surface area (TPSA) is 30.0 Å². The van der Waals surface area contributed by atoms with Crippen LogP contribution in [0.1, 0.15) is 49.4 Å². The summed E-state index contributed by atoms with van der Waals surface area (Å²) in [5.74, 6) is 0.217. The van der Waals surface area contributed by atoms with Crippen molar-refractivity contribution >= 4 is 5.78 Å². The molecule has 1 rings (SSSR count). The number of carbonyl (C=O) groups is 1. The number of carbonyl (C=O) groups excluding carboxylic acids is 1. The van der Waals surface area contributed by atoms with Crippen molar-refractivity contribution in [3.8, 4) is 0 Å². The maximum absolute atomic E-state index is 11.6. The molecule has 0 radical (unpaired) electrons. The molecule has 0 saturated heterocycles. The van der Waals surface area contributed by atoms with Gasteiger partial charge < -0.3 is 0 Å². The average Bonchev–Trinajstić information content (AvgIpc) is 2.25. The first-order valence-electron chi connectivity index (χ1n) is 5.28. The summed E-state index contributed by atoms with van der Waals surface area (Å²) in [6.45, 7) is 2.17. The van der Waals surface area contributed by atoms with Gasteiger partial charge in [0.25, 0.3) is 0 Å². The Labute approximate surface area is 85.4 Å². The molecule has 0 aromatic carbocycles. The van der Waals surface area contributed by atoms with E-state index in [0.29, 0.717) is 6.42 Å². The normalized spacial score (nSPS) is 10.1. The van der Waals surface area contributed by atoms with Crippen molar-refractivity contribution in [2.45, 2.75) is 39.0 Å². The molecule has 0 saturated carbocycles. The van der Waals surface area contributed by atoms with Crippen LogP contribution in [0.3, 0.4) is 0 Å². The summed E-state index contributed by atoms with van der Waals surface area (Å²) in [4.78, 5) is 15.5. The Balaban J connectivity index is 2.29. The van der Waals surface area contributed by atoms with E-state index in [1.807, 2.05) is 6.07 Å². The van der Waals surface area contributed by atoms with Gasteiger partial charge in [-0.15, -0.1) is 0 Å². The Bertz CT molecular complexity index is 269. The van der Waals surface area contributed by atoms with Gasteiger partial charge in [0.1, 0.15) is 0 Å². The molecule has 1 aromatic rings. The van der Waals surface area contributed by atoms with E-state index >= 15 is 0 Å². The summed E-state index contributed by atoms with van der Waals surface area (Å²) in [7, 11) is 0. The number of ketones is 1. The van der Waals surface area contributed by atoms with Gasteiger partial charge in [-0.1, -0.05) is 26.2 Å².